The number of nitrogens with zero attached hydrogens (tertiary/aromatic N) is 2. The standard InChI is InChI=1S/C34H43N3O3/c1-22(2)21-37-29-12-7-6-11-28(29)31(38)30(33(37)40)32(39)35-13-8-14-36-26-15-24-16-27(36)20-34(17-24,19-26)18-25-10-5-4-9-23(25)3/h4-7,9-12,22,24,26-27,38H,8,13-21H2,1-3H3,(H,35,39). The van der Waals surface area contributed by atoms with Crippen molar-refractivity contribution in [1.82, 2.24) is 14.8 Å². The number of piperidine rings is 2. The summed E-state index contributed by atoms with van der Waals surface area (Å²) in [6.45, 7) is 8.26. The first kappa shape index (κ1) is 27.1. The Labute approximate surface area is 237 Å². The number of hydrogen-bond acceptors (Lipinski definition) is 4. The van der Waals surface area contributed by atoms with Crippen molar-refractivity contribution in [3.05, 3.63) is 75.6 Å². The van der Waals surface area contributed by atoms with Crippen LogP contribution in [0.3, 0.4) is 0 Å². The SMILES string of the molecule is Cc1ccccc1CC12CC3CC(C1)N(CCCNC(=O)c1c(O)c4ccccc4n(CC(C)C)c1=O)C(C3)C2. The molecule has 1 aromatic heterocycles. The number of pyridine rings is 1. The van der Waals surface area contributed by atoms with Gasteiger partial charge in [0.25, 0.3) is 11.5 Å². The highest BCUT2D eigenvalue weighted by atomic mass is 16.3. The Morgan fingerprint density at radius 1 is 1.05 bits per heavy atom. The van der Waals surface area contributed by atoms with Gasteiger partial charge >= 0.3 is 0 Å². The van der Waals surface area contributed by atoms with Crippen LogP contribution in [0.4, 0.5) is 0 Å². The molecule has 212 valence electrons. The molecule has 2 saturated carbocycles. The molecule has 6 heteroatoms. The maximum Gasteiger partial charge on any atom is 0.267 e. The topological polar surface area (TPSA) is 74.6 Å². The number of nitrogens with one attached hydrogen (secondary N) is 1. The molecular formula is C34H43N3O3. The van der Waals surface area contributed by atoms with Gasteiger partial charge in [0.2, 0.25) is 0 Å². The fourth-order valence-corrected chi connectivity index (χ4v) is 8.35. The minimum Gasteiger partial charge on any atom is -0.506 e. The molecule has 2 N–H and O–H groups in total. The Balaban J connectivity index is 1.10. The third kappa shape index (κ3) is 4.96. The predicted octanol–water partition coefficient (Wildman–Crippen LogP) is 5.67. The lowest BCUT2D eigenvalue weighted by atomic mass is 9.53. The van der Waals surface area contributed by atoms with Crippen molar-refractivity contribution >= 4 is 16.8 Å². The van der Waals surface area contributed by atoms with Gasteiger partial charge in [0.15, 0.2) is 0 Å². The highest BCUT2D eigenvalue weighted by Crippen LogP contribution is 2.57. The molecule has 2 aliphatic heterocycles. The first-order chi connectivity index (χ1) is 19.2. The van der Waals surface area contributed by atoms with Crippen LogP contribution in [0, 0.1) is 24.2 Å². The van der Waals surface area contributed by atoms with Crippen molar-refractivity contribution in [3.8, 4) is 5.75 Å². The summed E-state index contributed by atoms with van der Waals surface area (Å²) < 4.78 is 1.63. The summed E-state index contributed by atoms with van der Waals surface area (Å²) in [5, 5.41) is 14.4. The first-order valence-corrected chi connectivity index (χ1v) is 15.2. The molecule has 2 saturated heterocycles. The highest BCUT2D eigenvalue weighted by molar-refractivity contribution is 6.02. The van der Waals surface area contributed by atoms with Crippen LogP contribution in [0.5, 0.6) is 5.75 Å². The van der Waals surface area contributed by atoms with Gasteiger partial charge in [-0.15, -0.1) is 0 Å². The molecule has 3 aromatic rings. The van der Waals surface area contributed by atoms with Crippen LogP contribution in [-0.4, -0.2) is 45.7 Å². The van der Waals surface area contributed by atoms with E-state index in [1.54, 1.807) is 10.6 Å². The fraction of sp³-hybridized carbons (Fsp3) is 0.529. The van der Waals surface area contributed by atoms with E-state index in [0.717, 1.165) is 18.9 Å². The molecule has 0 spiro atoms. The number of carbonyl (C=O) groups is 1. The van der Waals surface area contributed by atoms with E-state index < -0.39 is 11.5 Å². The average Bonchev–Trinajstić information content (AvgIpc) is 2.91. The smallest absolute Gasteiger partial charge is 0.267 e. The predicted molar refractivity (Wildman–Crippen MR) is 160 cm³/mol. The van der Waals surface area contributed by atoms with E-state index in [-0.39, 0.29) is 17.2 Å². The highest BCUT2D eigenvalue weighted by Gasteiger charge is 2.53. The second kappa shape index (κ2) is 10.7. The Morgan fingerprint density at radius 3 is 2.48 bits per heavy atom. The van der Waals surface area contributed by atoms with Crippen LogP contribution in [0.25, 0.3) is 10.9 Å². The summed E-state index contributed by atoms with van der Waals surface area (Å²) in [5.74, 6) is 0.374. The molecule has 1 amide bonds. The second-order valence-electron chi connectivity index (χ2n) is 13.3. The van der Waals surface area contributed by atoms with Gasteiger partial charge in [-0.1, -0.05) is 50.2 Å². The summed E-state index contributed by atoms with van der Waals surface area (Å²) in [6, 6.07) is 17.4. The summed E-state index contributed by atoms with van der Waals surface area (Å²) in [6.07, 6.45) is 8.58. The third-order valence-electron chi connectivity index (χ3n) is 9.83. The van der Waals surface area contributed by atoms with E-state index in [2.05, 4.69) is 41.4 Å². The monoisotopic (exact) mass is 541 g/mol. The van der Waals surface area contributed by atoms with E-state index in [1.165, 1.54) is 49.7 Å². The van der Waals surface area contributed by atoms with Crippen molar-refractivity contribution in [2.75, 3.05) is 13.1 Å². The molecule has 0 radical (unpaired) electrons. The molecule has 4 fully saturated rings. The van der Waals surface area contributed by atoms with E-state index in [9.17, 15) is 14.7 Å². The van der Waals surface area contributed by atoms with E-state index >= 15 is 0 Å². The van der Waals surface area contributed by atoms with Crippen molar-refractivity contribution in [1.29, 1.82) is 0 Å². The number of aryl methyl sites for hydroxylation is 1. The second-order valence-corrected chi connectivity index (χ2v) is 13.3. The molecule has 2 atom stereocenters. The summed E-state index contributed by atoms with van der Waals surface area (Å²) in [4.78, 5) is 29.3. The number of para-hydroxylation sites is 1. The van der Waals surface area contributed by atoms with E-state index in [0.29, 0.717) is 41.5 Å². The number of benzene rings is 2. The fourth-order valence-electron chi connectivity index (χ4n) is 8.35. The normalized spacial score (nSPS) is 25.6. The summed E-state index contributed by atoms with van der Waals surface area (Å²) in [5.41, 5.74) is 3.46. The number of hydrogen-bond donors (Lipinski definition) is 2. The Bertz CT molecular complexity index is 1460. The van der Waals surface area contributed by atoms with Gasteiger partial charge in [0.05, 0.1) is 5.52 Å². The Morgan fingerprint density at radius 2 is 1.75 bits per heavy atom. The Kier molecular flexibility index (Phi) is 7.24. The van der Waals surface area contributed by atoms with Crippen molar-refractivity contribution in [3.63, 3.8) is 0 Å². The number of amides is 1. The molecule has 7 rings (SSSR count). The maximum atomic E-state index is 13.3. The number of fused-ring (bicyclic) bond motifs is 1. The van der Waals surface area contributed by atoms with Crippen molar-refractivity contribution in [2.45, 2.75) is 84.3 Å². The maximum absolute atomic E-state index is 13.3. The van der Waals surface area contributed by atoms with Crippen LogP contribution in [-0.2, 0) is 13.0 Å². The Hall–Kier alpha value is -3.12. The molecular weight excluding hydrogens is 498 g/mol. The van der Waals surface area contributed by atoms with Gasteiger partial charge in [0, 0.05) is 37.1 Å². The lowest BCUT2D eigenvalue weighted by molar-refractivity contribution is -0.108. The van der Waals surface area contributed by atoms with Crippen molar-refractivity contribution < 1.29 is 9.90 Å². The van der Waals surface area contributed by atoms with Crippen molar-refractivity contribution in [2.24, 2.45) is 17.3 Å². The summed E-state index contributed by atoms with van der Waals surface area (Å²) >= 11 is 0. The van der Waals surface area contributed by atoms with Gasteiger partial charge in [0.1, 0.15) is 11.3 Å². The zero-order valence-corrected chi connectivity index (χ0v) is 24.2. The van der Waals surface area contributed by atoms with Crippen LogP contribution in [0.15, 0.2) is 53.3 Å². The lowest BCUT2D eigenvalue weighted by Crippen LogP contribution is -2.62. The minimum absolute atomic E-state index is 0.146. The molecule has 3 heterocycles. The number of aromatic nitrogens is 1. The number of carbonyl (C=O) groups excluding carboxylic acids is 1. The first-order valence-electron chi connectivity index (χ1n) is 15.2. The van der Waals surface area contributed by atoms with Gasteiger partial charge in [-0.3, -0.25) is 14.5 Å². The lowest BCUT2D eigenvalue weighted by Gasteiger charge is -2.62. The number of rotatable bonds is 9. The van der Waals surface area contributed by atoms with E-state index in [1.807, 2.05) is 32.0 Å². The van der Waals surface area contributed by atoms with E-state index in [4.69, 9.17) is 0 Å². The van der Waals surface area contributed by atoms with Gasteiger partial charge in [-0.2, -0.15) is 0 Å². The molecule has 4 aliphatic rings. The van der Waals surface area contributed by atoms with Gasteiger partial charge in [-0.05, 0) is 92.4 Å². The van der Waals surface area contributed by atoms with Gasteiger partial charge < -0.3 is 15.0 Å². The van der Waals surface area contributed by atoms with Crippen LogP contribution in [0.1, 0.15) is 73.9 Å². The van der Waals surface area contributed by atoms with Crippen LogP contribution >= 0.6 is 0 Å². The molecule has 2 unspecified atom stereocenters. The third-order valence-corrected chi connectivity index (χ3v) is 9.83. The van der Waals surface area contributed by atoms with Crippen LogP contribution < -0.4 is 10.9 Å². The zero-order valence-electron chi connectivity index (χ0n) is 24.2. The average molecular weight is 542 g/mol. The zero-order chi connectivity index (χ0) is 28.0. The van der Waals surface area contributed by atoms with Gasteiger partial charge in [-0.25, -0.2) is 0 Å². The molecule has 40 heavy (non-hydrogen) atoms. The molecule has 2 aromatic carbocycles. The molecule has 2 aliphatic carbocycles. The van der Waals surface area contributed by atoms with Crippen LogP contribution in [0.2, 0.25) is 0 Å². The largest absolute Gasteiger partial charge is 0.506 e. The molecule has 4 bridgehead atoms. The number of aromatic hydroxyl groups is 1. The quantitative estimate of drug-likeness (QED) is 0.343. The summed E-state index contributed by atoms with van der Waals surface area (Å²) in [7, 11) is 0. The minimum atomic E-state index is -0.483. The molecule has 6 nitrogen and oxygen atoms in total.